The summed E-state index contributed by atoms with van der Waals surface area (Å²) < 4.78 is 1.76. The lowest BCUT2D eigenvalue weighted by molar-refractivity contribution is -0.131. The van der Waals surface area contributed by atoms with E-state index < -0.39 is 0 Å². The molecule has 1 N–H and O–H groups in total. The van der Waals surface area contributed by atoms with Crippen LogP contribution < -0.4 is 5.32 Å². The maximum Gasteiger partial charge on any atom is 0.275 e. The Labute approximate surface area is 202 Å². The molecular formula is C24H29N5O2S2. The van der Waals surface area contributed by atoms with Crippen LogP contribution in [-0.4, -0.2) is 50.8 Å². The van der Waals surface area contributed by atoms with Crippen molar-refractivity contribution in [1.29, 1.82) is 0 Å². The van der Waals surface area contributed by atoms with Gasteiger partial charge in [-0.3, -0.25) is 14.3 Å². The number of hydrogen-bond donors (Lipinski definition) is 1. The third-order valence-electron chi connectivity index (χ3n) is 6.21. The van der Waals surface area contributed by atoms with E-state index in [0.717, 1.165) is 53.6 Å². The van der Waals surface area contributed by atoms with Crippen LogP contribution >= 0.6 is 23.1 Å². The molecule has 0 spiro atoms. The Hall–Kier alpha value is -2.65. The average Bonchev–Trinajstić information content (AvgIpc) is 3.41. The van der Waals surface area contributed by atoms with Gasteiger partial charge in [0.15, 0.2) is 0 Å². The molecule has 0 aliphatic carbocycles. The number of nitrogens with zero attached hydrogens (tertiary/aromatic N) is 4. The minimum Gasteiger partial charge on any atom is -0.342 e. The van der Waals surface area contributed by atoms with Gasteiger partial charge in [-0.15, -0.1) is 23.1 Å². The molecule has 7 nitrogen and oxygen atoms in total. The predicted molar refractivity (Wildman–Crippen MR) is 133 cm³/mol. The van der Waals surface area contributed by atoms with Crippen molar-refractivity contribution < 1.29 is 9.59 Å². The molecule has 0 radical (unpaired) electrons. The average molecular weight is 484 g/mol. The molecule has 2 aromatic heterocycles. The first-order chi connectivity index (χ1) is 15.9. The summed E-state index contributed by atoms with van der Waals surface area (Å²) in [6, 6.07) is 8.19. The van der Waals surface area contributed by atoms with E-state index in [1.807, 2.05) is 49.6 Å². The predicted octanol–water partition coefficient (Wildman–Crippen LogP) is 4.42. The van der Waals surface area contributed by atoms with Crippen molar-refractivity contribution in [2.75, 3.05) is 24.7 Å². The van der Waals surface area contributed by atoms with Crippen molar-refractivity contribution >= 4 is 40.6 Å². The highest BCUT2D eigenvalue weighted by Crippen LogP contribution is 2.31. The number of carbonyl (C=O) groups excluding carboxylic acids is 2. The lowest BCUT2D eigenvalue weighted by Crippen LogP contribution is -2.38. The Morgan fingerprint density at radius 2 is 1.88 bits per heavy atom. The number of anilines is 1. The van der Waals surface area contributed by atoms with Gasteiger partial charge in [-0.25, -0.2) is 4.98 Å². The normalized spacial score (nSPS) is 14.5. The molecule has 2 amide bonds. The van der Waals surface area contributed by atoms with E-state index in [2.05, 4.69) is 27.5 Å². The first kappa shape index (κ1) is 23.5. The minimum atomic E-state index is -0.211. The van der Waals surface area contributed by atoms with Gasteiger partial charge in [0.25, 0.3) is 5.91 Å². The molecule has 4 rings (SSSR count). The fourth-order valence-electron chi connectivity index (χ4n) is 4.12. The number of aryl methyl sites for hydroxylation is 2. The van der Waals surface area contributed by atoms with Gasteiger partial charge in [0.05, 0.1) is 28.5 Å². The van der Waals surface area contributed by atoms with Gasteiger partial charge in [-0.05, 0) is 50.6 Å². The van der Waals surface area contributed by atoms with Crippen LogP contribution in [0.5, 0.6) is 0 Å². The Morgan fingerprint density at radius 3 is 2.48 bits per heavy atom. The fraction of sp³-hybridized carbons (Fsp3) is 0.417. The second-order valence-corrected chi connectivity index (χ2v) is 10.1. The maximum absolute atomic E-state index is 12.7. The molecular weight excluding hydrogens is 454 g/mol. The third-order valence-corrected chi connectivity index (χ3v) is 7.96. The van der Waals surface area contributed by atoms with E-state index in [9.17, 15) is 9.59 Å². The largest absolute Gasteiger partial charge is 0.342 e. The highest BCUT2D eigenvalue weighted by Gasteiger charge is 2.26. The number of hydrogen-bond acceptors (Lipinski definition) is 6. The number of thiazole rings is 1. The molecule has 1 aliphatic heterocycles. The minimum absolute atomic E-state index is 0.173. The van der Waals surface area contributed by atoms with Gasteiger partial charge in [0.2, 0.25) is 5.91 Å². The summed E-state index contributed by atoms with van der Waals surface area (Å²) in [5.41, 5.74) is 3.93. The van der Waals surface area contributed by atoms with Crippen LogP contribution in [0.25, 0.3) is 0 Å². The standard InChI is InChI=1S/C24H29N5O2S2/c1-15-22(16(2)28(3)27-15)26-23(31)20-14-33-24(25-20)18-9-11-29(12-10-18)21(30)13-17-5-7-19(32-4)8-6-17/h5-8,14,18H,9-13H2,1-4H3,(H,26,31). The number of amides is 2. The van der Waals surface area contributed by atoms with Crippen LogP contribution in [0, 0.1) is 13.8 Å². The monoisotopic (exact) mass is 483 g/mol. The van der Waals surface area contributed by atoms with Gasteiger partial charge in [0, 0.05) is 36.3 Å². The zero-order valence-corrected chi connectivity index (χ0v) is 21.1. The molecule has 0 unspecified atom stereocenters. The molecule has 1 fully saturated rings. The summed E-state index contributed by atoms with van der Waals surface area (Å²) in [6.45, 7) is 5.25. The number of benzene rings is 1. The molecule has 1 aliphatic rings. The Bertz CT molecular complexity index is 1140. The molecule has 1 aromatic carbocycles. The molecule has 3 aromatic rings. The fourth-order valence-corrected chi connectivity index (χ4v) is 5.50. The van der Waals surface area contributed by atoms with Crippen molar-refractivity contribution in [2.45, 2.75) is 43.9 Å². The quantitative estimate of drug-likeness (QED) is 0.525. The number of piperidine rings is 1. The van der Waals surface area contributed by atoms with Crippen LogP contribution in [0.3, 0.4) is 0 Å². The van der Waals surface area contributed by atoms with Crippen LogP contribution in [0.15, 0.2) is 34.5 Å². The van der Waals surface area contributed by atoms with Crippen molar-refractivity contribution in [3.8, 4) is 0 Å². The van der Waals surface area contributed by atoms with Gasteiger partial charge < -0.3 is 10.2 Å². The first-order valence-electron chi connectivity index (χ1n) is 11.0. The summed E-state index contributed by atoms with van der Waals surface area (Å²) in [5.74, 6) is 0.242. The molecule has 3 heterocycles. The summed E-state index contributed by atoms with van der Waals surface area (Å²) in [7, 11) is 1.86. The maximum atomic E-state index is 12.7. The number of aromatic nitrogens is 3. The molecule has 33 heavy (non-hydrogen) atoms. The topological polar surface area (TPSA) is 80.1 Å². The summed E-state index contributed by atoms with van der Waals surface area (Å²) in [4.78, 5) is 33.2. The second kappa shape index (κ2) is 10.1. The van der Waals surface area contributed by atoms with Gasteiger partial charge in [-0.2, -0.15) is 5.10 Å². The molecule has 0 bridgehead atoms. The van der Waals surface area contributed by atoms with E-state index >= 15 is 0 Å². The van der Waals surface area contributed by atoms with Gasteiger partial charge in [0.1, 0.15) is 5.69 Å². The highest BCUT2D eigenvalue weighted by molar-refractivity contribution is 7.98. The van der Waals surface area contributed by atoms with Crippen molar-refractivity contribution in [3.05, 3.63) is 57.3 Å². The van der Waals surface area contributed by atoms with E-state index in [4.69, 9.17) is 0 Å². The Morgan fingerprint density at radius 1 is 1.18 bits per heavy atom. The number of carbonyl (C=O) groups is 2. The lowest BCUT2D eigenvalue weighted by atomic mass is 9.97. The van der Waals surface area contributed by atoms with Gasteiger partial charge in [-0.1, -0.05) is 12.1 Å². The zero-order valence-electron chi connectivity index (χ0n) is 19.4. The van der Waals surface area contributed by atoms with E-state index in [0.29, 0.717) is 12.1 Å². The number of rotatable bonds is 6. The van der Waals surface area contributed by atoms with Gasteiger partial charge >= 0.3 is 0 Å². The lowest BCUT2D eigenvalue weighted by Gasteiger charge is -2.31. The third kappa shape index (κ3) is 5.30. The highest BCUT2D eigenvalue weighted by atomic mass is 32.2. The number of nitrogens with one attached hydrogen (secondary N) is 1. The smallest absolute Gasteiger partial charge is 0.275 e. The number of thioether (sulfide) groups is 1. The molecule has 9 heteroatoms. The SMILES string of the molecule is CSc1ccc(CC(=O)N2CCC(c3nc(C(=O)Nc4c(C)nn(C)c4C)cs3)CC2)cc1. The molecule has 174 valence electrons. The van der Waals surface area contributed by atoms with Crippen molar-refractivity contribution in [3.63, 3.8) is 0 Å². The summed E-state index contributed by atoms with van der Waals surface area (Å²) >= 11 is 3.23. The van der Waals surface area contributed by atoms with Crippen LogP contribution in [0.4, 0.5) is 5.69 Å². The van der Waals surface area contributed by atoms with Crippen molar-refractivity contribution in [2.24, 2.45) is 7.05 Å². The van der Waals surface area contributed by atoms with Crippen LogP contribution in [0.2, 0.25) is 0 Å². The van der Waals surface area contributed by atoms with E-state index in [1.54, 1.807) is 16.4 Å². The molecule has 1 saturated heterocycles. The second-order valence-electron chi connectivity index (χ2n) is 8.37. The summed E-state index contributed by atoms with van der Waals surface area (Å²) in [6.07, 6.45) is 4.22. The summed E-state index contributed by atoms with van der Waals surface area (Å²) in [5, 5.41) is 10.1. The number of likely N-dealkylation sites (tertiary alicyclic amines) is 1. The van der Waals surface area contributed by atoms with E-state index in [1.165, 1.54) is 16.2 Å². The molecule has 0 atom stereocenters. The first-order valence-corrected chi connectivity index (χ1v) is 13.1. The van der Waals surface area contributed by atoms with E-state index in [-0.39, 0.29) is 17.7 Å². The molecule has 0 saturated carbocycles. The van der Waals surface area contributed by atoms with Crippen LogP contribution in [0.1, 0.15) is 51.2 Å². The zero-order chi connectivity index (χ0) is 23.5. The Balaban J connectivity index is 1.32. The van der Waals surface area contributed by atoms with Crippen molar-refractivity contribution in [1.82, 2.24) is 19.7 Å². The van der Waals surface area contributed by atoms with Crippen LogP contribution in [-0.2, 0) is 18.3 Å². The Kier molecular flexibility index (Phi) is 7.19.